The number of amides is 1. The number of carbonyl (C=O) groups excluding carboxylic acids is 1. The SMILES string of the molecule is N[C@H](Cc1ccc(I)cc1)C(=O)N1CCCC1. The lowest BCUT2D eigenvalue weighted by molar-refractivity contribution is -0.131. The third-order valence-corrected chi connectivity index (χ3v) is 3.82. The highest BCUT2D eigenvalue weighted by Gasteiger charge is 2.23. The highest BCUT2D eigenvalue weighted by Crippen LogP contribution is 2.12. The summed E-state index contributed by atoms with van der Waals surface area (Å²) in [7, 11) is 0. The first-order valence-electron chi connectivity index (χ1n) is 5.95. The summed E-state index contributed by atoms with van der Waals surface area (Å²) in [6, 6.07) is 7.78. The van der Waals surface area contributed by atoms with Crippen molar-refractivity contribution in [2.45, 2.75) is 25.3 Å². The van der Waals surface area contributed by atoms with Crippen molar-refractivity contribution in [2.24, 2.45) is 5.73 Å². The van der Waals surface area contributed by atoms with Crippen LogP contribution in [0, 0.1) is 3.57 Å². The second-order valence-corrected chi connectivity index (χ2v) is 5.72. The fourth-order valence-electron chi connectivity index (χ4n) is 2.13. The van der Waals surface area contributed by atoms with Crippen molar-refractivity contribution in [3.63, 3.8) is 0 Å². The lowest BCUT2D eigenvalue weighted by Crippen LogP contribution is -2.43. The van der Waals surface area contributed by atoms with E-state index >= 15 is 0 Å². The number of benzene rings is 1. The number of carbonyl (C=O) groups is 1. The number of halogens is 1. The molecule has 4 heteroatoms. The van der Waals surface area contributed by atoms with E-state index < -0.39 is 6.04 Å². The van der Waals surface area contributed by atoms with Crippen LogP contribution >= 0.6 is 22.6 Å². The van der Waals surface area contributed by atoms with E-state index in [1.165, 1.54) is 3.57 Å². The molecule has 1 aliphatic rings. The number of rotatable bonds is 3. The first-order chi connectivity index (χ1) is 8.16. The molecule has 0 aliphatic carbocycles. The molecule has 1 saturated heterocycles. The molecule has 1 fully saturated rings. The minimum atomic E-state index is -0.395. The average molecular weight is 344 g/mol. The van der Waals surface area contributed by atoms with Crippen molar-refractivity contribution in [3.8, 4) is 0 Å². The van der Waals surface area contributed by atoms with Gasteiger partial charge in [-0.2, -0.15) is 0 Å². The molecule has 0 aromatic heterocycles. The summed E-state index contributed by atoms with van der Waals surface area (Å²) in [5.41, 5.74) is 7.10. The number of hydrogen-bond acceptors (Lipinski definition) is 2. The third kappa shape index (κ3) is 3.42. The topological polar surface area (TPSA) is 46.3 Å². The number of nitrogens with zero attached hydrogens (tertiary/aromatic N) is 1. The van der Waals surface area contributed by atoms with Crippen molar-refractivity contribution in [2.75, 3.05) is 13.1 Å². The molecule has 92 valence electrons. The Bertz CT molecular complexity index is 385. The second kappa shape index (κ2) is 5.82. The maximum absolute atomic E-state index is 12.0. The van der Waals surface area contributed by atoms with Gasteiger partial charge in [-0.05, 0) is 59.5 Å². The van der Waals surface area contributed by atoms with Gasteiger partial charge in [-0.1, -0.05) is 12.1 Å². The standard InChI is InChI=1S/C13H17IN2O/c14-11-5-3-10(4-6-11)9-12(15)13(17)16-7-1-2-8-16/h3-6,12H,1-2,7-9,15H2/t12-/m1/s1. The molecule has 2 rings (SSSR count). The van der Waals surface area contributed by atoms with Gasteiger partial charge in [-0.15, -0.1) is 0 Å². The molecule has 2 N–H and O–H groups in total. The summed E-state index contributed by atoms with van der Waals surface area (Å²) in [5.74, 6) is 0.0982. The number of nitrogens with two attached hydrogens (primary N) is 1. The Kier molecular flexibility index (Phi) is 4.39. The predicted octanol–water partition coefficient (Wildman–Crippen LogP) is 1.78. The van der Waals surface area contributed by atoms with Crippen molar-refractivity contribution < 1.29 is 4.79 Å². The van der Waals surface area contributed by atoms with Gasteiger partial charge < -0.3 is 10.6 Å². The van der Waals surface area contributed by atoms with E-state index in [9.17, 15) is 4.79 Å². The molecule has 0 spiro atoms. The molecule has 1 atom stereocenters. The zero-order valence-electron chi connectivity index (χ0n) is 9.73. The minimum Gasteiger partial charge on any atom is -0.341 e. The average Bonchev–Trinajstić information content (AvgIpc) is 2.84. The largest absolute Gasteiger partial charge is 0.341 e. The number of likely N-dealkylation sites (tertiary alicyclic amines) is 1. The van der Waals surface area contributed by atoms with Crippen LogP contribution in [0.1, 0.15) is 18.4 Å². The fraction of sp³-hybridized carbons (Fsp3) is 0.462. The van der Waals surface area contributed by atoms with Crippen molar-refractivity contribution in [3.05, 3.63) is 33.4 Å². The molecule has 1 amide bonds. The van der Waals surface area contributed by atoms with E-state index in [2.05, 4.69) is 22.6 Å². The zero-order valence-corrected chi connectivity index (χ0v) is 11.9. The lowest BCUT2D eigenvalue weighted by Gasteiger charge is -2.20. The van der Waals surface area contributed by atoms with Crippen molar-refractivity contribution >= 4 is 28.5 Å². The maximum Gasteiger partial charge on any atom is 0.239 e. The fourth-order valence-corrected chi connectivity index (χ4v) is 2.49. The first-order valence-corrected chi connectivity index (χ1v) is 7.03. The summed E-state index contributed by atoms with van der Waals surface area (Å²) in [6.07, 6.45) is 2.86. The molecule has 0 saturated carbocycles. The van der Waals surface area contributed by atoms with E-state index in [0.717, 1.165) is 31.5 Å². The molecule has 1 heterocycles. The molecule has 17 heavy (non-hydrogen) atoms. The minimum absolute atomic E-state index is 0.0982. The maximum atomic E-state index is 12.0. The van der Waals surface area contributed by atoms with Gasteiger partial charge in [0.2, 0.25) is 5.91 Å². The van der Waals surface area contributed by atoms with Gasteiger partial charge >= 0.3 is 0 Å². The Morgan fingerprint density at radius 2 is 1.88 bits per heavy atom. The highest BCUT2D eigenvalue weighted by atomic mass is 127. The smallest absolute Gasteiger partial charge is 0.239 e. The Morgan fingerprint density at radius 1 is 1.29 bits per heavy atom. The van der Waals surface area contributed by atoms with Gasteiger partial charge in [0.05, 0.1) is 6.04 Å². The monoisotopic (exact) mass is 344 g/mol. The van der Waals surface area contributed by atoms with Gasteiger partial charge in [0.1, 0.15) is 0 Å². The van der Waals surface area contributed by atoms with Crippen LogP contribution in [-0.2, 0) is 11.2 Å². The van der Waals surface area contributed by atoms with E-state index in [1.807, 2.05) is 29.2 Å². The molecule has 1 aliphatic heterocycles. The zero-order chi connectivity index (χ0) is 12.3. The third-order valence-electron chi connectivity index (χ3n) is 3.10. The van der Waals surface area contributed by atoms with Gasteiger partial charge in [0.25, 0.3) is 0 Å². The summed E-state index contributed by atoms with van der Waals surface area (Å²) in [4.78, 5) is 13.9. The van der Waals surface area contributed by atoms with E-state index in [0.29, 0.717) is 6.42 Å². The molecular formula is C13H17IN2O. The Hall–Kier alpha value is -0.620. The van der Waals surface area contributed by atoms with Gasteiger partial charge in [-0.25, -0.2) is 0 Å². The summed E-state index contributed by atoms with van der Waals surface area (Å²) in [6.45, 7) is 1.75. The van der Waals surface area contributed by atoms with Crippen molar-refractivity contribution in [1.82, 2.24) is 4.90 Å². The molecule has 1 aromatic rings. The number of hydrogen-bond donors (Lipinski definition) is 1. The van der Waals surface area contributed by atoms with Crippen LogP contribution in [0.3, 0.4) is 0 Å². The molecule has 0 bridgehead atoms. The van der Waals surface area contributed by atoms with Crippen LogP contribution in [0.5, 0.6) is 0 Å². The molecule has 3 nitrogen and oxygen atoms in total. The van der Waals surface area contributed by atoms with Gasteiger partial charge in [-0.3, -0.25) is 4.79 Å². The Morgan fingerprint density at radius 3 is 2.47 bits per heavy atom. The van der Waals surface area contributed by atoms with Crippen LogP contribution in [0.2, 0.25) is 0 Å². The van der Waals surface area contributed by atoms with E-state index in [1.54, 1.807) is 0 Å². The van der Waals surface area contributed by atoms with Crippen LogP contribution in [0.15, 0.2) is 24.3 Å². The Balaban J connectivity index is 1.93. The quantitative estimate of drug-likeness (QED) is 0.850. The lowest BCUT2D eigenvalue weighted by atomic mass is 10.1. The summed E-state index contributed by atoms with van der Waals surface area (Å²) >= 11 is 2.27. The van der Waals surface area contributed by atoms with Crippen LogP contribution in [0.4, 0.5) is 0 Å². The van der Waals surface area contributed by atoms with Crippen molar-refractivity contribution in [1.29, 1.82) is 0 Å². The van der Waals surface area contributed by atoms with Gasteiger partial charge in [0.15, 0.2) is 0 Å². The normalized spacial score (nSPS) is 17.2. The summed E-state index contributed by atoms with van der Waals surface area (Å²) < 4.78 is 1.20. The van der Waals surface area contributed by atoms with Crippen LogP contribution in [0.25, 0.3) is 0 Å². The predicted molar refractivity (Wildman–Crippen MR) is 76.7 cm³/mol. The molecule has 0 unspecified atom stereocenters. The molecule has 0 radical (unpaired) electrons. The molecule has 1 aromatic carbocycles. The summed E-state index contributed by atoms with van der Waals surface area (Å²) in [5, 5.41) is 0. The highest BCUT2D eigenvalue weighted by molar-refractivity contribution is 14.1. The second-order valence-electron chi connectivity index (χ2n) is 4.47. The molecular weight excluding hydrogens is 327 g/mol. The van der Waals surface area contributed by atoms with Crippen LogP contribution < -0.4 is 5.73 Å². The van der Waals surface area contributed by atoms with Crippen LogP contribution in [-0.4, -0.2) is 29.9 Å². The van der Waals surface area contributed by atoms with E-state index in [4.69, 9.17) is 5.73 Å². The van der Waals surface area contributed by atoms with E-state index in [-0.39, 0.29) is 5.91 Å². The Labute approximate surface area is 116 Å². The first kappa shape index (κ1) is 12.8. The van der Waals surface area contributed by atoms with Gasteiger partial charge in [0, 0.05) is 16.7 Å².